The molecule has 0 bridgehead atoms. The number of H-pyrrole nitrogens is 1. The first-order chi connectivity index (χ1) is 12.0. The van der Waals surface area contributed by atoms with Crippen molar-refractivity contribution in [3.8, 4) is 17.1 Å². The van der Waals surface area contributed by atoms with E-state index in [1.165, 1.54) is 8.61 Å². The third kappa shape index (κ3) is 4.17. The molecule has 9 heteroatoms. The Bertz CT molecular complexity index is 775. The minimum absolute atomic E-state index is 0.177. The van der Waals surface area contributed by atoms with Gasteiger partial charge in [0, 0.05) is 39.3 Å². The lowest BCUT2D eigenvalue weighted by molar-refractivity contribution is 0.176. The van der Waals surface area contributed by atoms with E-state index in [1.54, 1.807) is 26.5 Å². The predicted molar refractivity (Wildman–Crippen MR) is 94.2 cm³/mol. The van der Waals surface area contributed by atoms with Crippen LogP contribution in [0.1, 0.15) is 12.8 Å². The molecule has 1 saturated heterocycles. The zero-order chi connectivity index (χ0) is 17.9. The van der Waals surface area contributed by atoms with Crippen molar-refractivity contribution < 1.29 is 13.2 Å². The van der Waals surface area contributed by atoms with Crippen LogP contribution in [0.4, 0.5) is 0 Å². The Morgan fingerprint density at radius 3 is 2.84 bits per heavy atom. The number of nitrogens with zero attached hydrogens (tertiary/aromatic N) is 4. The van der Waals surface area contributed by atoms with Gasteiger partial charge in [0.2, 0.25) is 0 Å². The van der Waals surface area contributed by atoms with Crippen LogP contribution in [-0.2, 0) is 10.2 Å². The Kier molecular flexibility index (Phi) is 5.36. The maximum absolute atomic E-state index is 12.2. The highest BCUT2D eigenvalue weighted by molar-refractivity contribution is 7.86. The summed E-state index contributed by atoms with van der Waals surface area (Å²) in [5, 5.41) is 6.77. The number of aromatic amines is 1. The van der Waals surface area contributed by atoms with Crippen molar-refractivity contribution in [2.45, 2.75) is 12.8 Å². The average molecular weight is 365 g/mol. The van der Waals surface area contributed by atoms with E-state index in [1.807, 2.05) is 18.2 Å². The quantitative estimate of drug-likeness (QED) is 0.835. The fourth-order valence-corrected chi connectivity index (χ4v) is 4.06. The normalized spacial score (nSPS) is 19.2. The summed E-state index contributed by atoms with van der Waals surface area (Å²) in [6.45, 7) is 1.53. The van der Waals surface area contributed by atoms with Gasteiger partial charge < -0.3 is 4.74 Å². The second-order valence-corrected chi connectivity index (χ2v) is 8.46. The number of hydrogen-bond donors (Lipinski definition) is 1. The van der Waals surface area contributed by atoms with Gasteiger partial charge in [-0.1, -0.05) is 0 Å². The van der Waals surface area contributed by atoms with Crippen LogP contribution < -0.4 is 4.74 Å². The number of piperidine rings is 1. The molecule has 25 heavy (non-hydrogen) atoms. The standard InChI is InChI=1S/C16H23N5O3S/c1-20(2)25(22,23)21-9-3-4-13(11-21)12-24-14-5-6-15(17-10-14)16-7-8-18-19-16/h5-8,10,13H,3-4,9,11-12H2,1-2H3,(H,18,19)/t13-/m1/s1. The van der Waals surface area contributed by atoms with Gasteiger partial charge in [-0.3, -0.25) is 10.1 Å². The van der Waals surface area contributed by atoms with E-state index >= 15 is 0 Å². The Balaban J connectivity index is 1.56. The topological polar surface area (TPSA) is 91.4 Å². The molecule has 3 heterocycles. The SMILES string of the molecule is CN(C)S(=O)(=O)N1CCC[C@@H](COc2ccc(-c3ccn[nH]3)nc2)C1. The molecule has 0 spiro atoms. The van der Waals surface area contributed by atoms with E-state index < -0.39 is 10.2 Å². The summed E-state index contributed by atoms with van der Waals surface area (Å²) in [5.74, 6) is 0.853. The predicted octanol–water partition coefficient (Wildman–Crippen LogP) is 1.37. The summed E-state index contributed by atoms with van der Waals surface area (Å²) in [6.07, 6.45) is 5.16. The van der Waals surface area contributed by atoms with Gasteiger partial charge >= 0.3 is 0 Å². The number of rotatable bonds is 6. The molecule has 136 valence electrons. The number of hydrogen-bond acceptors (Lipinski definition) is 5. The number of nitrogens with one attached hydrogen (secondary N) is 1. The van der Waals surface area contributed by atoms with Crippen molar-refractivity contribution in [2.24, 2.45) is 5.92 Å². The van der Waals surface area contributed by atoms with Gasteiger partial charge in [0.05, 0.1) is 24.2 Å². The Hall–Kier alpha value is -1.97. The molecule has 2 aromatic heterocycles. The first-order valence-electron chi connectivity index (χ1n) is 8.23. The number of aromatic nitrogens is 3. The van der Waals surface area contributed by atoms with E-state index in [0.717, 1.165) is 24.2 Å². The third-order valence-corrected chi connectivity index (χ3v) is 6.18. The van der Waals surface area contributed by atoms with Crippen molar-refractivity contribution >= 4 is 10.2 Å². The summed E-state index contributed by atoms with van der Waals surface area (Å²) in [5.41, 5.74) is 1.65. The van der Waals surface area contributed by atoms with E-state index in [9.17, 15) is 8.42 Å². The summed E-state index contributed by atoms with van der Waals surface area (Å²) in [7, 11) is -0.241. The lowest BCUT2D eigenvalue weighted by atomic mass is 10.0. The second kappa shape index (κ2) is 7.51. The molecule has 0 amide bonds. The van der Waals surface area contributed by atoms with Gasteiger partial charge in [-0.05, 0) is 31.0 Å². The fourth-order valence-electron chi connectivity index (χ4n) is 2.84. The Morgan fingerprint density at radius 2 is 2.20 bits per heavy atom. The summed E-state index contributed by atoms with van der Waals surface area (Å²) >= 11 is 0. The lowest BCUT2D eigenvalue weighted by Crippen LogP contribution is -2.46. The smallest absolute Gasteiger partial charge is 0.281 e. The summed E-state index contributed by atoms with van der Waals surface area (Å²) in [6, 6.07) is 5.58. The molecule has 1 fully saturated rings. The van der Waals surface area contributed by atoms with Crippen LogP contribution in [0.15, 0.2) is 30.6 Å². The molecule has 8 nitrogen and oxygen atoms in total. The molecule has 2 aromatic rings. The molecular weight excluding hydrogens is 342 g/mol. The van der Waals surface area contributed by atoms with Crippen LogP contribution in [-0.4, -0.2) is 66.0 Å². The van der Waals surface area contributed by atoms with E-state index in [2.05, 4.69) is 15.2 Å². The van der Waals surface area contributed by atoms with Crippen LogP contribution >= 0.6 is 0 Å². The van der Waals surface area contributed by atoms with Crippen LogP contribution in [0.25, 0.3) is 11.4 Å². The molecule has 1 aliphatic rings. The molecule has 0 unspecified atom stereocenters. The molecule has 3 rings (SSSR count). The van der Waals surface area contributed by atoms with E-state index in [0.29, 0.717) is 25.4 Å². The highest BCUT2D eigenvalue weighted by atomic mass is 32.2. The van der Waals surface area contributed by atoms with Crippen LogP contribution in [0.3, 0.4) is 0 Å². The van der Waals surface area contributed by atoms with E-state index in [4.69, 9.17) is 4.74 Å². The molecule has 0 radical (unpaired) electrons. The fraction of sp³-hybridized carbons (Fsp3) is 0.500. The molecule has 1 aliphatic heterocycles. The van der Waals surface area contributed by atoms with Gasteiger partial charge in [0.15, 0.2) is 0 Å². The lowest BCUT2D eigenvalue weighted by Gasteiger charge is -2.33. The zero-order valence-electron chi connectivity index (χ0n) is 14.4. The average Bonchev–Trinajstić information content (AvgIpc) is 3.15. The maximum atomic E-state index is 12.2. The molecular formula is C16H23N5O3S. The van der Waals surface area contributed by atoms with Gasteiger partial charge in [-0.25, -0.2) is 0 Å². The molecule has 0 aromatic carbocycles. The molecule has 0 saturated carbocycles. The van der Waals surface area contributed by atoms with Crippen LogP contribution in [0.2, 0.25) is 0 Å². The number of pyridine rings is 1. The van der Waals surface area contributed by atoms with Crippen molar-refractivity contribution in [2.75, 3.05) is 33.8 Å². The van der Waals surface area contributed by atoms with E-state index in [-0.39, 0.29) is 5.92 Å². The molecule has 1 atom stereocenters. The van der Waals surface area contributed by atoms with Gasteiger partial charge in [-0.15, -0.1) is 0 Å². The minimum Gasteiger partial charge on any atom is -0.492 e. The monoisotopic (exact) mass is 365 g/mol. The van der Waals surface area contributed by atoms with Gasteiger partial charge in [0.25, 0.3) is 10.2 Å². The van der Waals surface area contributed by atoms with Gasteiger partial charge in [-0.2, -0.15) is 22.1 Å². The Morgan fingerprint density at radius 1 is 1.36 bits per heavy atom. The third-order valence-electron chi connectivity index (χ3n) is 4.27. The maximum Gasteiger partial charge on any atom is 0.281 e. The minimum atomic E-state index is -3.36. The summed E-state index contributed by atoms with van der Waals surface area (Å²) in [4.78, 5) is 4.35. The van der Waals surface area contributed by atoms with Crippen LogP contribution in [0.5, 0.6) is 5.75 Å². The van der Waals surface area contributed by atoms with Crippen LogP contribution in [0, 0.1) is 5.92 Å². The zero-order valence-corrected chi connectivity index (χ0v) is 15.2. The molecule has 1 N–H and O–H groups in total. The largest absolute Gasteiger partial charge is 0.492 e. The van der Waals surface area contributed by atoms with Crippen molar-refractivity contribution in [3.05, 3.63) is 30.6 Å². The summed E-state index contributed by atoms with van der Waals surface area (Å²) < 4.78 is 33.1. The van der Waals surface area contributed by atoms with Crippen molar-refractivity contribution in [3.63, 3.8) is 0 Å². The van der Waals surface area contributed by atoms with Crippen molar-refractivity contribution in [1.29, 1.82) is 0 Å². The highest BCUT2D eigenvalue weighted by Crippen LogP contribution is 2.22. The molecule has 0 aliphatic carbocycles. The highest BCUT2D eigenvalue weighted by Gasteiger charge is 2.30. The first kappa shape index (κ1) is 17.8. The number of ether oxygens (including phenoxy) is 1. The van der Waals surface area contributed by atoms with Crippen molar-refractivity contribution in [1.82, 2.24) is 23.8 Å². The first-order valence-corrected chi connectivity index (χ1v) is 9.62. The second-order valence-electron chi connectivity index (χ2n) is 6.32. The van der Waals surface area contributed by atoms with Gasteiger partial charge in [0.1, 0.15) is 5.75 Å². The Labute approximate surface area is 148 Å².